The lowest BCUT2D eigenvalue weighted by Crippen LogP contribution is -2.08. The molecule has 0 radical (unpaired) electrons. The summed E-state index contributed by atoms with van der Waals surface area (Å²) in [6, 6.07) is 9.96. The van der Waals surface area contributed by atoms with Gasteiger partial charge in [-0.05, 0) is 19.1 Å². The van der Waals surface area contributed by atoms with E-state index in [1.807, 2.05) is 37.3 Å². The molecule has 1 aliphatic heterocycles. The van der Waals surface area contributed by atoms with E-state index in [0.29, 0.717) is 0 Å². The third-order valence-electron chi connectivity index (χ3n) is 2.15. The molecule has 1 heterocycles. The van der Waals surface area contributed by atoms with Crippen molar-refractivity contribution in [2.24, 2.45) is 0 Å². The fourth-order valence-electron chi connectivity index (χ4n) is 1.48. The van der Waals surface area contributed by atoms with Crippen LogP contribution in [0.5, 0.6) is 0 Å². The number of carbonyl (C=O) groups is 1. The van der Waals surface area contributed by atoms with Gasteiger partial charge >= 0.3 is 5.97 Å². The van der Waals surface area contributed by atoms with Gasteiger partial charge in [0.05, 0.1) is 0 Å². The van der Waals surface area contributed by atoms with Crippen molar-refractivity contribution in [2.45, 2.75) is 29.6 Å². The van der Waals surface area contributed by atoms with Crippen molar-refractivity contribution >= 4 is 17.7 Å². The van der Waals surface area contributed by atoms with Crippen LogP contribution in [-0.2, 0) is 9.53 Å². The Hall–Kier alpha value is -0.960. The van der Waals surface area contributed by atoms with Crippen LogP contribution in [0.3, 0.4) is 0 Å². The van der Waals surface area contributed by atoms with E-state index in [0.717, 1.165) is 11.3 Å². The second-order valence-corrected chi connectivity index (χ2v) is 4.68. The molecular weight excluding hydrogens is 196 g/mol. The van der Waals surface area contributed by atoms with Crippen molar-refractivity contribution in [1.29, 1.82) is 0 Å². The van der Waals surface area contributed by atoms with E-state index >= 15 is 0 Å². The molecule has 2 rings (SSSR count). The molecule has 3 heteroatoms. The SMILES string of the molecule is CC1CC(Sc2ccccc2)C(=O)O1. The zero-order valence-corrected chi connectivity index (χ0v) is 8.79. The minimum absolute atomic E-state index is 0.0209. The van der Waals surface area contributed by atoms with Crippen LogP contribution < -0.4 is 0 Å². The maximum absolute atomic E-state index is 11.3. The summed E-state index contributed by atoms with van der Waals surface area (Å²) in [5.74, 6) is -0.0775. The van der Waals surface area contributed by atoms with Gasteiger partial charge in [0.15, 0.2) is 0 Å². The fourth-order valence-corrected chi connectivity index (χ4v) is 2.64. The van der Waals surface area contributed by atoms with Gasteiger partial charge < -0.3 is 4.74 Å². The minimum Gasteiger partial charge on any atom is -0.462 e. The average molecular weight is 208 g/mol. The highest BCUT2D eigenvalue weighted by Crippen LogP contribution is 2.31. The molecule has 2 unspecified atom stereocenters. The predicted octanol–water partition coefficient (Wildman–Crippen LogP) is 2.48. The zero-order chi connectivity index (χ0) is 9.97. The molecule has 0 saturated carbocycles. The highest BCUT2D eigenvalue weighted by atomic mass is 32.2. The van der Waals surface area contributed by atoms with E-state index in [4.69, 9.17) is 4.74 Å². The van der Waals surface area contributed by atoms with Crippen LogP contribution in [0.1, 0.15) is 13.3 Å². The summed E-state index contributed by atoms with van der Waals surface area (Å²) >= 11 is 1.59. The van der Waals surface area contributed by atoms with Crippen LogP contribution in [0.2, 0.25) is 0 Å². The van der Waals surface area contributed by atoms with Crippen molar-refractivity contribution < 1.29 is 9.53 Å². The van der Waals surface area contributed by atoms with Crippen LogP contribution in [-0.4, -0.2) is 17.3 Å². The molecular formula is C11H12O2S. The van der Waals surface area contributed by atoms with Gasteiger partial charge in [0.2, 0.25) is 0 Å². The minimum atomic E-state index is -0.0775. The molecule has 1 fully saturated rings. The van der Waals surface area contributed by atoms with E-state index in [9.17, 15) is 4.79 Å². The van der Waals surface area contributed by atoms with Gasteiger partial charge in [-0.2, -0.15) is 0 Å². The molecule has 0 amide bonds. The second-order valence-electron chi connectivity index (χ2n) is 3.40. The first-order valence-corrected chi connectivity index (χ1v) is 5.56. The van der Waals surface area contributed by atoms with Crippen molar-refractivity contribution in [3.8, 4) is 0 Å². The van der Waals surface area contributed by atoms with Gasteiger partial charge in [0.25, 0.3) is 0 Å². The molecule has 0 N–H and O–H groups in total. The molecule has 1 aliphatic rings. The lowest BCUT2D eigenvalue weighted by molar-refractivity contribution is -0.140. The van der Waals surface area contributed by atoms with Crippen LogP contribution in [0.25, 0.3) is 0 Å². The molecule has 2 atom stereocenters. The smallest absolute Gasteiger partial charge is 0.319 e. The summed E-state index contributed by atoms with van der Waals surface area (Å²) in [4.78, 5) is 12.5. The van der Waals surface area contributed by atoms with Crippen molar-refractivity contribution in [1.82, 2.24) is 0 Å². The Bertz CT molecular complexity index is 323. The number of carbonyl (C=O) groups excluding carboxylic acids is 1. The van der Waals surface area contributed by atoms with Crippen LogP contribution in [0, 0.1) is 0 Å². The predicted molar refractivity (Wildman–Crippen MR) is 56.3 cm³/mol. The number of ether oxygens (including phenoxy) is 1. The van der Waals surface area contributed by atoms with Gasteiger partial charge in [-0.3, -0.25) is 4.79 Å². The van der Waals surface area contributed by atoms with Crippen molar-refractivity contribution in [3.63, 3.8) is 0 Å². The van der Waals surface area contributed by atoms with E-state index in [-0.39, 0.29) is 17.3 Å². The number of hydrogen-bond acceptors (Lipinski definition) is 3. The Morgan fingerprint density at radius 3 is 2.64 bits per heavy atom. The molecule has 1 saturated heterocycles. The Morgan fingerprint density at radius 2 is 2.07 bits per heavy atom. The molecule has 0 bridgehead atoms. The maximum Gasteiger partial charge on any atom is 0.319 e. The Labute approximate surface area is 87.6 Å². The van der Waals surface area contributed by atoms with Crippen LogP contribution in [0.15, 0.2) is 35.2 Å². The molecule has 0 aliphatic carbocycles. The molecule has 0 aromatic heterocycles. The first-order valence-electron chi connectivity index (χ1n) is 4.68. The summed E-state index contributed by atoms with van der Waals surface area (Å²) in [7, 11) is 0. The van der Waals surface area contributed by atoms with Gasteiger partial charge in [0.1, 0.15) is 11.4 Å². The van der Waals surface area contributed by atoms with Crippen molar-refractivity contribution in [3.05, 3.63) is 30.3 Å². The number of rotatable bonds is 2. The Balaban J connectivity index is 2.02. The fraction of sp³-hybridized carbons (Fsp3) is 0.364. The number of benzene rings is 1. The quantitative estimate of drug-likeness (QED) is 0.698. The van der Waals surface area contributed by atoms with Gasteiger partial charge in [-0.15, -0.1) is 11.8 Å². The number of cyclic esters (lactones) is 1. The topological polar surface area (TPSA) is 26.3 Å². The molecule has 2 nitrogen and oxygen atoms in total. The number of esters is 1. The van der Waals surface area contributed by atoms with Crippen LogP contribution >= 0.6 is 11.8 Å². The Morgan fingerprint density at radius 1 is 1.36 bits per heavy atom. The van der Waals surface area contributed by atoms with Gasteiger partial charge in [0, 0.05) is 11.3 Å². The third kappa shape index (κ3) is 2.10. The number of thioether (sulfide) groups is 1. The van der Waals surface area contributed by atoms with Gasteiger partial charge in [-0.25, -0.2) is 0 Å². The highest BCUT2D eigenvalue weighted by molar-refractivity contribution is 8.00. The molecule has 0 spiro atoms. The normalized spacial score (nSPS) is 26.2. The molecule has 74 valence electrons. The van der Waals surface area contributed by atoms with Gasteiger partial charge in [-0.1, -0.05) is 18.2 Å². The molecule has 1 aromatic rings. The summed E-state index contributed by atoms with van der Waals surface area (Å²) in [5, 5.41) is -0.0209. The van der Waals surface area contributed by atoms with E-state index in [1.165, 1.54) is 0 Å². The maximum atomic E-state index is 11.3. The van der Waals surface area contributed by atoms with E-state index < -0.39 is 0 Å². The summed E-state index contributed by atoms with van der Waals surface area (Å²) in [6.45, 7) is 1.93. The first-order chi connectivity index (χ1) is 6.75. The monoisotopic (exact) mass is 208 g/mol. The van der Waals surface area contributed by atoms with Crippen LogP contribution in [0.4, 0.5) is 0 Å². The second kappa shape index (κ2) is 4.05. The van der Waals surface area contributed by atoms with E-state index in [2.05, 4.69) is 0 Å². The lowest BCUT2D eigenvalue weighted by atomic mass is 10.3. The first kappa shape index (κ1) is 9.59. The Kier molecular flexibility index (Phi) is 2.77. The summed E-state index contributed by atoms with van der Waals surface area (Å²) in [5.41, 5.74) is 0. The summed E-state index contributed by atoms with van der Waals surface area (Å²) in [6.07, 6.45) is 0.891. The third-order valence-corrected chi connectivity index (χ3v) is 3.36. The molecule has 1 aromatic carbocycles. The van der Waals surface area contributed by atoms with Crippen molar-refractivity contribution in [2.75, 3.05) is 0 Å². The average Bonchev–Trinajstić information content (AvgIpc) is 2.47. The standard InChI is InChI=1S/C11H12O2S/c1-8-7-10(11(12)13-8)14-9-5-3-2-4-6-9/h2-6,8,10H,7H2,1H3. The lowest BCUT2D eigenvalue weighted by Gasteiger charge is -2.04. The number of hydrogen-bond donors (Lipinski definition) is 0. The largest absolute Gasteiger partial charge is 0.462 e. The summed E-state index contributed by atoms with van der Waals surface area (Å²) < 4.78 is 5.09. The zero-order valence-electron chi connectivity index (χ0n) is 7.97. The van der Waals surface area contributed by atoms with E-state index in [1.54, 1.807) is 11.8 Å². The molecule has 14 heavy (non-hydrogen) atoms. The highest BCUT2D eigenvalue weighted by Gasteiger charge is 2.32.